The summed E-state index contributed by atoms with van der Waals surface area (Å²) in [5.41, 5.74) is 2.36. The summed E-state index contributed by atoms with van der Waals surface area (Å²) >= 11 is 0. The van der Waals surface area contributed by atoms with Crippen LogP contribution < -0.4 is 5.32 Å². The summed E-state index contributed by atoms with van der Waals surface area (Å²) in [6.07, 6.45) is 0.926. The first-order valence-electron chi connectivity index (χ1n) is 6.51. The molecule has 0 saturated carbocycles. The molecule has 1 amide bonds. The second-order valence-corrected chi connectivity index (χ2v) is 5.02. The van der Waals surface area contributed by atoms with Crippen LogP contribution in [0.3, 0.4) is 0 Å². The van der Waals surface area contributed by atoms with Gasteiger partial charge in [0.25, 0.3) is 0 Å². The Hall–Kier alpha value is -1.84. The van der Waals surface area contributed by atoms with Crippen molar-refractivity contribution in [2.24, 2.45) is 0 Å². The Bertz CT molecular complexity index is 437. The van der Waals surface area contributed by atoms with Crippen LogP contribution in [0.2, 0.25) is 0 Å². The Morgan fingerprint density at radius 2 is 1.74 bits per heavy atom. The topological polar surface area (TPSA) is 66.4 Å². The Labute approximate surface area is 113 Å². The summed E-state index contributed by atoms with van der Waals surface area (Å²) in [6, 6.07) is 7.33. The lowest BCUT2D eigenvalue weighted by Crippen LogP contribution is -2.38. The molecule has 4 heteroatoms. The third kappa shape index (κ3) is 5.12. The van der Waals surface area contributed by atoms with Crippen LogP contribution in [0.5, 0.6) is 0 Å². The molecule has 4 nitrogen and oxygen atoms in total. The van der Waals surface area contributed by atoms with Crippen molar-refractivity contribution in [3.8, 4) is 0 Å². The Morgan fingerprint density at radius 3 is 2.21 bits per heavy atom. The van der Waals surface area contributed by atoms with Crippen molar-refractivity contribution in [2.45, 2.75) is 45.6 Å². The Balaban J connectivity index is 2.44. The molecular formula is C15H21NO3. The van der Waals surface area contributed by atoms with Gasteiger partial charge in [0.05, 0.1) is 0 Å². The van der Waals surface area contributed by atoms with Gasteiger partial charge in [-0.25, -0.2) is 0 Å². The first-order valence-corrected chi connectivity index (χ1v) is 6.51. The van der Waals surface area contributed by atoms with Gasteiger partial charge in [0.2, 0.25) is 5.91 Å². The lowest BCUT2D eigenvalue weighted by Gasteiger charge is -2.10. The number of rotatable bonds is 6. The van der Waals surface area contributed by atoms with Crippen LogP contribution in [-0.2, 0) is 16.0 Å². The third-order valence-electron chi connectivity index (χ3n) is 3.04. The molecule has 0 aliphatic heterocycles. The van der Waals surface area contributed by atoms with E-state index >= 15 is 0 Å². The molecule has 1 rings (SSSR count). The molecule has 0 aliphatic rings. The van der Waals surface area contributed by atoms with Gasteiger partial charge in [-0.15, -0.1) is 0 Å². The summed E-state index contributed by atoms with van der Waals surface area (Å²) in [7, 11) is 0. The molecule has 1 aromatic rings. The van der Waals surface area contributed by atoms with Crippen LogP contribution in [0, 0.1) is 0 Å². The average Bonchev–Trinajstić information content (AvgIpc) is 2.36. The first-order chi connectivity index (χ1) is 8.90. The van der Waals surface area contributed by atoms with Gasteiger partial charge in [0.1, 0.15) is 6.04 Å². The van der Waals surface area contributed by atoms with Crippen LogP contribution >= 0.6 is 0 Å². The highest BCUT2D eigenvalue weighted by Gasteiger charge is 2.13. The van der Waals surface area contributed by atoms with Gasteiger partial charge in [-0.2, -0.15) is 0 Å². The number of hydrogen-bond donors (Lipinski definition) is 2. The van der Waals surface area contributed by atoms with Gasteiger partial charge in [-0.1, -0.05) is 38.1 Å². The fraction of sp³-hybridized carbons (Fsp3) is 0.467. The third-order valence-corrected chi connectivity index (χ3v) is 3.04. The van der Waals surface area contributed by atoms with Crippen molar-refractivity contribution in [2.75, 3.05) is 0 Å². The highest BCUT2D eigenvalue weighted by Crippen LogP contribution is 2.15. The number of hydrogen-bond acceptors (Lipinski definition) is 2. The molecule has 0 aliphatic carbocycles. The summed E-state index contributed by atoms with van der Waals surface area (Å²) < 4.78 is 0. The van der Waals surface area contributed by atoms with Crippen LogP contribution in [0.1, 0.15) is 44.2 Å². The van der Waals surface area contributed by atoms with Gasteiger partial charge in [-0.3, -0.25) is 9.59 Å². The largest absolute Gasteiger partial charge is 0.480 e. The molecule has 19 heavy (non-hydrogen) atoms. The van der Waals surface area contributed by atoms with E-state index < -0.39 is 12.0 Å². The van der Waals surface area contributed by atoms with Crippen molar-refractivity contribution in [1.82, 2.24) is 5.32 Å². The van der Waals surface area contributed by atoms with Crippen molar-refractivity contribution in [3.63, 3.8) is 0 Å². The zero-order valence-corrected chi connectivity index (χ0v) is 11.6. The molecule has 0 spiro atoms. The highest BCUT2D eigenvalue weighted by molar-refractivity contribution is 5.83. The fourth-order valence-electron chi connectivity index (χ4n) is 1.70. The standard InChI is InChI=1S/C15H21NO3/c1-10(2)13-7-4-12(5-8-13)6-9-14(17)16-11(3)15(18)19/h4-5,7-8,10-11H,6,9H2,1-3H3,(H,16,17)(H,18,19)/t11-/m1/s1. The molecule has 0 unspecified atom stereocenters. The van der Waals surface area contributed by atoms with E-state index in [0.717, 1.165) is 5.56 Å². The Morgan fingerprint density at radius 1 is 1.16 bits per heavy atom. The van der Waals surface area contributed by atoms with Crippen LogP contribution in [0.15, 0.2) is 24.3 Å². The number of aryl methyl sites for hydroxylation is 1. The van der Waals surface area contributed by atoms with E-state index in [2.05, 4.69) is 31.3 Å². The second-order valence-electron chi connectivity index (χ2n) is 5.02. The molecule has 0 heterocycles. The molecule has 1 aromatic carbocycles. The summed E-state index contributed by atoms with van der Waals surface area (Å²) in [5, 5.41) is 11.1. The Kier molecular flexibility index (Phi) is 5.55. The predicted molar refractivity (Wildman–Crippen MR) is 74.1 cm³/mol. The molecule has 0 saturated heterocycles. The fourth-order valence-corrected chi connectivity index (χ4v) is 1.70. The lowest BCUT2D eigenvalue weighted by molar-refractivity contribution is -0.141. The first kappa shape index (κ1) is 15.2. The SMILES string of the molecule is CC(C)c1ccc(CCC(=O)N[C@H](C)C(=O)O)cc1. The van der Waals surface area contributed by atoms with Crippen molar-refractivity contribution >= 4 is 11.9 Å². The minimum absolute atomic E-state index is 0.233. The van der Waals surface area contributed by atoms with Crippen molar-refractivity contribution in [3.05, 3.63) is 35.4 Å². The van der Waals surface area contributed by atoms with E-state index in [4.69, 9.17) is 5.11 Å². The average molecular weight is 263 g/mol. The number of nitrogens with one attached hydrogen (secondary N) is 1. The van der Waals surface area contributed by atoms with E-state index in [9.17, 15) is 9.59 Å². The summed E-state index contributed by atoms with van der Waals surface area (Å²) in [4.78, 5) is 22.1. The molecule has 0 bridgehead atoms. The molecule has 0 fully saturated rings. The van der Waals surface area contributed by atoms with Crippen LogP contribution in [0.4, 0.5) is 0 Å². The maximum Gasteiger partial charge on any atom is 0.325 e. The van der Waals surface area contributed by atoms with Gasteiger partial charge in [0.15, 0.2) is 0 Å². The lowest BCUT2D eigenvalue weighted by atomic mass is 10.0. The smallest absolute Gasteiger partial charge is 0.325 e. The van der Waals surface area contributed by atoms with E-state index in [1.165, 1.54) is 12.5 Å². The quantitative estimate of drug-likeness (QED) is 0.827. The maximum atomic E-state index is 11.5. The van der Waals surface area contributed by atoms with Crippen molar-refractivity contribution in [1.29, 1.82) is 0 Å². The van der Waals surface area contributed by atoms with Gasteiger partial charge in [-0.05, 0) is 30.4 Å². The predicted octanol–water partition coefficient (Wildman–Crippen LogP) is 2.33. The summed E-state index contributed by atoms with van der Waals surface area (Å²) in [5.74, 6) is -0.758. The molecular weight excluding hydrogens is 242 g/mol. The van der Waals surface area contributed by atoms with E-state index in [0.29, 0.717) is 18.8 Å². The normalized spacial score (nSPS) is 12.2. The van der Waals surface area contributed by atoms with Crippen LogP contribution in [-0.4, -0.2) is 23.0 Å². The second kappa shape index (κ2) is 6.92. The molecule has 104 valence electrons. The summed E-state index contributed by atoms with van der Waals surface area (Å²) in [6.45, 7) is 5.73. The van der Waals surface area contributed by atoms with Gasteiger partial charge < -0.3 is 10.4 Å². The maximum absolute atomic E-state index is 11.5. The molecule has 2 N–H and O–H groups in total. The number of aliphatic carboxylic acids is 1. The molecule has 0 radical (unpaired) electrons. The number of carbonyl (C=O) groups excluding carboxylic acids is 1. The van der Waals surface area contributed by atoms with Gasteiger partial charge >= 0.3 is 5.97 Å². The number of benzene rings is 1. The minimum atomic E-state index is -1.02. The number of amides is 1. The van der Waals surface area contributed by atoms with E-state index in [1.807, 2.05) is 12.1 Å². The van der Waals surface area contributed by atoms with E-state index in [1.54, 1.807) is 0 Å². The zero-order valence-electron chi connectivity index (χ0n) is 11.6. The molecule has 1 atom stereocenters. The van der Waals surface area contributed by atoms with E-state index in [-0.39, 0.29) is 5.91 Å². The minimum Gasteiger partial charge on any atom is -0.480 e. The number of carboxylic acids is 1. The number of carbonyl (C=O) groups is 2. The zero-order chi connectivity index (χ0) is 14.4. The van der Waals surface area contributed by atoms with Crippen LogP contribution in [0.25, 0.3) is 0 Å². The van der Waals surface area contributed by atoms with Gasteiger partial charge in [0, 0.05) is 6.42 Å². The highest BCUT2D eigenvalue weighted by atomic mass is 16.4. The monoisotopic (exact) mass is 263 g/mol. The van der Waals surface area contributed by atoms with Crippen molar-refractivity contribution < 1.29 is 14.7 Å². The molecule has 0 aromatic heterocycles. The number of carboxylic acid groups (broad SMARTS) is 1.